The summed E-state index contributed by atoms with van der Waals surface area (Å²) < 4.78 is 0. The summed E-state index contributed by atoms with van der Waals surface area (Å²) in [5, 5.41) is 9.03. The van der Waals surface area contributed by atoms with Crippen LogP contribution in [-0.4, -0.2) is 5.11 Å². The molecule has 2 nitrogen and oxygen atoms in total. The van der Waals surface area contributed by atoms with Crippen LogP contribution in [0.5, 0.6) is 5.75 Å². The Balaban J connectivity index is 0.000000286. The molecular weight excluding hydrogens is 438 g/mol. The van der Waals surface area contributed by atoms with Gasteiger partial charge in [0.2, 0.25) is 0 Å². The standard InChI is InChI=1S/C27H48.C7H9NO/c1-19(2)9-8-10-20(3)23-14-15-24-22-13-12-21-11-6-7-17-26(21,4)25(22)16-18-27(23,24)5;8-5-6-3-1-2-4-7(6)9/h19-25H,6-18H2,1-5H3;1-4,9H,5,8H2. The minimum atomic E-state index is 0.278. The number of fused-ring (bicyclic) bond motifs is 5. The van der Waals surface area contributed by atoms with Gasteiger partial charge in [-0.3, -0.25) is 0 Å². The fourth-order valence-corrected chi connectivity index (χ4v) is 10.0. The van der Waals surface area contributed by atoms with Crippen LogP contribution >= 0.6 is 0 Å². The summed E-state index contributed by atoms with van der Waals surface area (Å²) in [5.74, 6) is 7.42. The van der Waals surface area contributed by atoms with Gasteiger partial charge in [-0.1, -0.05) is 84.9 Å². The van der Waals surface area contributed by atoms with Crippen LogP contribution in [0.15, 0.2) is 24.3 Å². The SMILES string of the molecule is CC(C)CCCC(C)C1CCC2C3CCC4CCCCC4(C)C3CCC12C.NCc1ccccc1O. The summed E-state index contributed by atoms with van der Waals surface area (Å²) in [7, 11) is 0. The van der Waals surface area contributed by atoms with Gasteiger partial charge in [0.15, 0.2) is 0 Å². The van der Waals surface area contributed by atoms with Crippen LogP contribution < -0.4 is 5.73 Å². The van der Waals surface area contributed by atoms with Crippen molar-refractivity contribution < 1.29 is 5.11 Å². The van der Waals surface area contributed by atoms with E-state index in [1.807, 2.05) is 6.07 Å². The highest BCUT2D eigenvalue weighted by molar-refractivity contribution is 5.31. The molecule has 0 heterocycles. The summed E-state index contributed by atoms with van der Waals surface area (Å²) in [6, 6.07) is 7.05. The number of phenolic OH excluding ortho intramolecular Hbond substituents is 1. The van der Waals surface area contributed by atoms with Crippen molar-refractivity contribution in [1.29, 1.82) is 0 Å². The predicted octanol–water partition coefficient (Wildman–Crippen LogP) is 9.35. The topological polar surface area (TPSA) is 46.2 Å². The Morgan fingerprint density at radius 3 is 2.31 bits per heavy atom. The highest BCUT2D eigenvalue weighted by atomic mass is 16.3. The second-order valence-electron chi connectivity index (χ2n) is 14.3. The fraction of sp³-hybridized carbons (Fsp3) is 0.824. The fourth-order valence-electron chi connectivity index (χ4n) is 10.0. The van der Waals surface area contributed by atoms with E-state index in [9.17, 15) is 0 Å². The number of hydrogen-bond acceptors (Lipinski definition) is 2. The first kappa shape index (κ1) is 28.0. The largest absolute Gasteiger partial charge is 0.508 e. The van der Waals surface area contributed by atoms with Gasteiger partial charge in [0.05, 0.1) is 0 Å². The van der Waals surface area contributed by atoms with Crippen molar-refractivity contribution in [3.05, 3.63) is 29.8 Å². The van der Waals surface area contributed by atoms with Gasteiger partial charge in [-0.25, -0.2) is 0 Å². The van der Waals surface area contributed by atoms with Crippen LogP contribution in [0.1, 0.15) is 124 Å². The molecule has 4 fully saturated rings. The van der Waals surface area contributed by atoms with Crippen LogP contribution in [0.3, 0.4) is 0 Å². The number of hydrogen-bond donors (Lipinski definition) is 2. The Labute approximate surface area is 223 Å². The van der Waals surface area contributed by atoms with Gasteiger partial charge in [0.25, 0.3) is 0 Å². The smallest absolute Gasteiger partial charge is 0.120 e. The molecule has 36 heavy (non-hydrogen) atoms. The zero-order valence-corrected chi connectivity index (χ0v) is 24.3. The minimum absolute atomic E-state index is 0.278. The molecule has 0 amide bonds. The zero-order chi connectivity index (χ0) is 25.9. The lowest BCUT2D eigenvalue weighted by Gasteiger charge is -2.61. The maximum absolute atomic E-state index is 9.03. The maximum atomic E-state index is 9.03. The number of aromatic hydroxyl groups is 1. The maximum Gasteiger partial charge on any atom is 0.120 e. The lowest BCUT2D eigenvalue weighted by molar-refractivity contribution is -0.114. The van der Waals surface area contributed by atoms with Gasteiger partial charge in [0.1, 0.15) is 5.75 Å². The molecule has 8 atom stereocenters. The molecule has 4 aliphatic carbocycles. The Kier molecular flexibility index (Phi) is 9.17. The van der Waals surface area contributed by atoms with Crippen LogP contribution in [0.2, 0.25) is 0 Å². The molecule has 4 saturated carbocycles. The monoisotopic (exact) mass is 495 g/mol. The molecule has 1 aromatic carbocycles. The summed E-state index contributed by atoms with van der Waals surface area (Å²) >= 11 is 0. The van der Waals surface area contributed by atoms with Gasteiger partial charge >= 0.3 is 0 Å². The Morgan fingerprint density at radius 1 is 0.861 bits per heavy atom. The van der Waals surface area contributed by atoms with Crippen molar-refractivity contribution >= 4 is 0 Å². The van der Waals surface area contributed by atoms with E-state index in [2.05, 4.69) is 34.6 Å². The van der Waals surface area contributed by atoms with Crippen molar-refractivity contribution in [1.82, 2.24) is 0 Å². The van der Waals surface area contributed by atoms with Crippen molar-refractivity contribution in [2.75, 3.05) is 0 Å². The lowest BCUT2D eigenvalue weighted by Crippen LogP contribution is -2.53. The molecule has 0 spiro atoms. The quantitative estimate of drug-likeness (QED) is 0.413. The first-order chi connectivity index (χ1) is 17.2. The molecule has 0 aliphatic heterocycles. The molecule has 5 rings (SSSR count). The third kappa shape index (κ3) is 5.55. The van der Waals surface area contributed by atoms with Crippen LogP contribution in [0.25, 0.3) is 0 Å². The molecule has 2 heteroatoms. The van der Waals surface area contributed by atoms with Gasteiger partial charge < -0.3 is 10.8 Å². The molecule has 0 bridgehead atoms. The summed E-state index contributed by atoms with van der Waals surface area (Å²) in [6.07, 6.45) is 19.9. The first-order valence-electron chi connectivity index (χ1n) is 15.7. The van der Waals surface area contributed by atoms with Gasteiger partial charge in [-0.15, -0.1) is 0 Å². The highest BCUT2D eigenvalue weighted by Crippen LogP contribution is 2.68. The van der Waals surface area contributed by atoms with Crippen LogP contribution in [0.4, 0.5) is 0 Å². The van der Waals surface area contributed by atoms with Gasteiger partial charge in [-0.2, -0.15) is 0 Å². The second-order valence-corrected chi connectivity index (χ2v) is 14.3. The van der Waals surface area contributed by atoms with E-state index in [4.69, 9.17) is 10.8 Å². The number of benzene rings is 1. The molecule has 0 aromatic heterocycles. The minimum Gasteiger partial charge on any atom is -0.508 e. The molecule has 1 aromatic rings. The molecule has 204 valence electrons. The zero-order valence-electron chi connectivity index (χ0n) is 24.3. The van der Waals surface area contributed by atoms with E-state index in [0.29, 0.717) is 17.4 Å². The molecular formula is C34H57NO. The Morgan fingerprint density at radius 2 is 1.61 bits per heavy atom. The number of phenols is 1. The summed E-state index contributed by atoms with van der Waals surface area (Å²) in [5.41, 5.74) is 7.47. The third-order valence-corrected chi connectivity index (χ3v) is 12.0. The lowest BCUT2D eigenvalue weighted by atomic mass is 9.44. The summed E-state index contributed by atoms with van der Waals surface area (Å²) in [4.78, 5) is 0. The molecule has 4 aliphatic rings. The van der Waals surface area contributed by atoms with E-state index in [0.717, 1.165) is 47.0 Å². The number of rotatable bonds is 6. The van der Waals surface area contributed by atoms with Crippen LogP contribution in [-0.2, 0) is 6.54 Å². The highest BCUT2D eigenvalue weighted by Gasteiger charge is 2.60. The van der Waals surface area contributed by atoms with Crippen molar-refractivity contribution in [2.24, 2.45) is 58.0 Å². The number of para-hydroxylation sites is 1. The van der Waals surface area contributed by atoms with Crippen molar-refractivity contribution in [2.45, 2.75) is 125 Å². The molecule has 8 unspecified atom stereocenters. The third-order valence-electron chi connectivity index (χ3n) is 12.0. The molecule has 0 saturated heterocycles. The van der Waals surface area contributed by atoms with E-state index in [1.165, 1.54) is 32.1 Å². The number of nitrogens with two attached hydrogens (primary N) is 1. The average Bonchev–Trinajstić information content (AvgIpc) is 3.21. The molecule has 3 N–H and O–H groups in total. The average molecular weight is 496 g/mol. The predicted molar refractivity (Wildman–Crippen MR) is 154 cm³/mol. The van der Waals surface area contributed by atoms with Gasteiger partial charge in [0, 0.05) is 12.1 Å². The Bertz CT molecular complexity index is 834. The van der Waals surface area contributed by atoms with Gasteiger partial charge in [-0.05, 0) is 110 Å². The van der Waals surface area contributed by atoms with E-state index in [1.54, 1.807) is 69.6 Å². The Hall–Kier alpha value is -1.02. The van der Waals surface area contributed by atoms with E-state index < -0.39 is 0 Å². The van der Waals surface area contributed by atoms with Crippen LogP contribution in [0, 0.1) is 52.3 Å². The van der Waals surface area contributed by atoms with E-state index >= 15 is 0 Å². The van der Waals surface area contributed by atoms with E-state index in [-0.39, 0.29) is 5.75 Å². The first-order valence-corrected chi connectivity index (χ1v) is 15.7. The van der Waals surface area contributed by atoms with Crippen molar-refractivity contribution in [3.8, 4) is 5.75 Å². The molecule has 0 radical (unpaired) electrons. The summed E-state index contributed by atoms with van der Waals surface area (Å²) in [6.45, 7) is 13.3. The second kappa shape index (κ2) is 11.8. The van der Waals surface area contributed by atoms with Crippen molar-refractivity contribution in [3.63, 3.8) is 0 Å². The normalized spacial score (nSPS) is 38.4.